The third kappa shape index (κ3) is 5.74. The fraction of sp³-hybridized carbons (Fsp3) is 0.818. The molecule has 1 aliphatic heterocycles. The van der Waals surface area contributed by atoms with Crippen molar-refractivity contribution in [2.75, 3.05) is 39.3 Å². The first-order valence-electron chi connectivity index (χ1n) is 6.33. The summed E-state index contributed by atoms with van der Waals surface area (Å²) in [4.78, 5) is 23.2. The molecule has 116 valence electrons. The van der Waals surface area contributed by atoms with Crippen LogP contribution in [0.1, 0.15) is 6.92 Å². The van der Waals surface area contributed by atoms with Crippen LogP contribution in [0, 0.1) is 0 Å². The number of carbonyl (C=O) groups excluding carboxylic acids is 2. The zero-order valence-electron chi connectivity index (χ0n) is 11.2. The zero-order valence-corrected chi connectivity index (χ0v) is 11.2. The number of nitrogens with zero attached hydrogens (tertiary/aromatic N) is 1. The van der Waals surface area contributed by atoms with Gasteiger partial charge in [0.05, 0.1) is 6.54 Å². The lowest BCUT2D eigenvalue weighted by Crippen LogP contribution is -2.58. The summed E-state index contributed by atoms with van der Waals surface area (Å²) in [7, 11) is 0. The Kier molecular flexibility index (Phi) is 6.21. The van der Waals surface area contributed by atoms with Gasteiger partial charge in [-0.1, -0.05) is 0 Å². The van der Waals surface area contributed by atoms with Gasteiger partial charge in [0, 0.05) is 39.6 Å². The Morgan fingerprint density at radius 3 is 2.35 bits per heavy atom. The van der Waals surface area contributed by atoms with Gasteiger partial charge in [0.15, 0.2) is 0 Å². The van der Waals surface area contributed by atoms with Crippen LogP contribution in [0.5, 0.6) is 0 Å². The molecule has 2 amide bonds. The molecule has 0 aromatic heterocycles. The van der Waals surface area contributed by atoms with Gasteiger partial charge in [-0.05, 0) is 0 Å². The summed E-state index contributed by atoms with van der Waals surface area (Å²) in [6.07, 6.45) is -4.40. The number of halogens is 3. The summed E-state index contributed by atoms with van der Waals surface area (Å²) in [5, 5.41) is 7.41. The lowest BCUT2D eigenvalue weighted by molar-refractivity contribution is -0.184. The second-order valence-electron chi connectivity index (χ2n) is 4.56. The Hall–Kier alpha value is -1.35. The second kappa shape index (κ2) is 7.44. The van der Waals surface area contributed by atoms with Gasteiger partial charge in [0.1, 0.15) is 6.04 Å². The van der Waals surface area contributed by atoms with Crippen LogP contribution in [0.2, 0.25) is 0 Å². The Balaban J connectivity index is 2.48. The van der Waals surface area contributed by atoms with Gasteiger partial charge in [0.25, 0.3) is 0 Å². The van der Waals surface area contributed by atoms with E-state index < -0.39 is 30.6 Å². The number of rotatable bonds is 5. The minimum atomic E-state index is -4.40. The molecule has 20 heavy (non-hydrogen) atoms. The molecule has 9 heteroatoms. The van der Waals surface area contributed by atoms with Crippen LogP contribution in [-0.2, 0) is 9.59 Å². The molecule has 1 unspecified atom stereocenters. The summed E-state index contributed by atoms with van der Waals surface area (Å²) >= 11 is 0. The fourth-order valence-corrected chi connectivity index (χ4v) is 1.92. The molecule has 1 rings (SSSR count). The van der Waals surface area contributed by atoms with E-state index in [1.165, 1.54) is 11.8 Å². The van der Waals surface area contributed by atoms with Crippen LogP contribution in [0.4, 0.5) is 13.2 Å². The van der Waals surface area contributed by atoms with Gasteiger partial charge in [-0.25, -0.2) is 0 Å². The topological polar surface area (TPSA) is 73.5 Å². The van der Waals surface area contributed by atoms with E-state index in [4.69, 9.17) is 0 Å². The third-order valence-electron chi connectivity index (χ3n) is 2.96. The van der Waals surface area contributed by atoms with Crippen molar-refractivity contribution in [2.24, 2.45) is 0 Å². The van der Waals surface area contributed by atoms with Crippen LogP contribution in [-0.4, -0.2) is 68.2 Å². The van der Waals surface area contributed by atoms with Gasteiger partial charge in [-0.3, -0.25) is 14.5 Å². The molecule has 6 nitrogen and oxygen atoms in total. The average Bonchev–Trinajstić information content (AvgIpc) is 2.36. The summed E-state index contributed by atoms with van der Waals surface area (Å²) in [6.45, 7) is 1.95. The normalized spacial score (nSPS) is 18.4. The van der Waals surface area contributed by atoms with Crippen LogP contribution >= 0.6 is 0 Å². The summed E-state index contributed by atoms with van der Waals surface area (Å²) in [5.41, 5.74) is 0. The summed E-state index contributed by atoms with van der Waals surface area (Å²) < 4.78 is 39.0. The van der Waals surface area contributed by atoms with Crippen molar-refractivity contribution in [3.05, 3.63) is 0 Å². The van der Waals surface area contributed by atoms with E-state index in [0.717, 1.165) is 0 Å². The quantitative estimate of drug-likeness (QED) is 0.613. The number of hydrogen-bond acceptors (Lipinski definition) is 4. The number of nitrogens with one attached hydrogen (secondary N) is 3. The summed E-state index contributed by atoms with van der Waals surface area (Å²) in [5.74, 6) is -1.04. The minimum Gasteiger partial charge on any atom is -0.353 e. The highest BCUT2D eigenvalue weighted by Gasteiger charge is 2.43. The molecule has 0 spiro atoms. The van der Waals surface area contributed by atoms with Crippen molar-refractivity contribution in [3.63, 3.8) is 0 Å². The van der Waals surface area contributed by atoms with Crippen LogP contribution in [0.3, 0.4) is 0 Å². The lowest BCUT2D eigenvalue weighted by atomic mass is 10.2. The SMILES string of the molecule is CC(=O)NCC(=O)NCC(N1CCNCC1)C(F)(F)F. The molecule has 0 aromatic carbocycles. The smallest absolute Gasteiger partial charge is 0.353 e. The molecule has 0 radical (unpaired) electrons. The predicted octanol–water partition coefficient (Wildman–Crippen LogP) is -0.925. The fourth-order valence-electron chi connectivity index (χ4n) is 1.92. The monoisotopic (exact) mass is 296 g/mol. The molecule has 0 bridgehead atoms. The molecular formula is C11H19F3N4O2. The van der Waals surface area contributed by atoms with E-state index in [2.05, 4.69) is 16.0 Å². The van der Waals surface area contributed by atoms with Crippen LogP contribution in [0.15, 0.2) is 0 Å². The Labute approximate surface area is 115 Å². The first kappa shape index (κ1) is 16.7. The zero-order chi connectivity index (χ0) is 15.2. The molecule has 1 heterocycles. The van der Waals surface area contributed by atoms with Gasteiger partial charge in [-0.15, -0.1) is 0 Å². The van der Waals surface area contributed by atoms with Crippen molar-refractivity contribution in [1.82, 2.24) is 20.9 Å². The van der Waals surface area contributed by atoms with Gasteiger partial charge >= 0.3 is 6.18 Å². The van der Waals surface area contributed by atoms with E-state index in [-0.39, 0.29) is 19.6 Å². The average molecular weight is 296 g/mol. The van der Waals surface area contributed by atoms with Crippen molar-refractivity contribution < 1.29 is 22.8 Å². The Morgan fingerprint density at radius 2 is 1.85 bits per heavy atom. The lowest BCUT2D eigenvalue weighted by Gasteiger charge is -2.35. The van der Waals surface area contributed by atoms with E-state index in [1.807, 2.05) is 0 Å². The van der Waals surface area contributed by atoms with Gasteiger partial charge in [0.2, 0.25) is 11.8 Å². The standard InChI is InChI=1S/C11H19F3N4O2/c1-8(19)16-7-10(20)17-6-9(11(12,13)14)18-4-2-15-3-5-18/h9,15H,2-7H2,1H3,(H,16,19)(H,17,20). The van der Waals surface area contributed by atoms with Gasteiger partial charge in [-0.2, -0.15) is 13.2 Å². The van der Waals surface area contributed by atoms with Crippen molar-refractivity contribution >= 4 is 11.8 Å². The first-order valence-corrected chi connectivity index (χ1v) is 6.33. The number of hydrogen-bond donors (Lipinski definition) is 3. The number of carbonyl (C=O) groups is 2. The highest BCUT2D eigenvalue weighted by atomic mass is 19.4. The highest BCUT2D eigenvalue weighted by Crippen LogP contribution is 2.24. The van der Waals surface area contributed by atoms with E-state index in [0.29, 0.717) is 13.1 Å². The maximum Gasteiger partial charge on any atom is 0.405 e. The van der Waals surface area contributed by atoms with E-state index >= 15 is 0 Å². The predicted molar refractivity (Wildman–Crippen MR) is 66.0 cm³/mol. The molecule has 1 atom stereocenters. The molecule has 1 saturated heterocycles. The first-order chi connectivity index (χ1) is 9.30. The van der Waals surface area contributed by atoms with Crippen molar-refractivity contribution in [1.29, 1.82) is 0 Å². The molecule has 0 saturated carbocycles. The maximum absolute atomic E-state index is 13.0. The molecule has 0 aliphatic carbocycles. The van der Waals surface area contributed by atoms with Gasteiger partial charge < -0.3 is 16.0 Å². The van der Waals surface area contributed by atoms with Crippen molar-refractivity contribution in [2.45, 2.75) is 19.1 Å². The molecule has 1 fully saturated rings. The van der Waals surface area contributed by atoms with Crippen molar-refractivity contribution in [3.8, 4) is 0 Å². The summed E-state index contributed by atoms with van der Waals surface area (Å²) in [6, 6.07) is -1.70. The number of piperazine rings is 1. The van der Waals surface area contributed by atoms with E-state index in [9.17, 15) is 22.8 Å². The Morgan fingerprint density at radius 1 is 1.25 bits per heavy atom. The highest BCUT2D eigenvalue weighted by molar-refractivity contribution is 5.83. The molecule has 1 aliphatic rings. The Bertz CT molecular complexity index is 343. The molecule has 0 aromatic rings. The molecule has 3 N–H and O–H groups in total. The van der Waals surface area contributed by atoms with Crippen LogP contribution in [0.25, 0.3) is 0 Å². The maximum atomic E-state index is 13.0. The second-order valence-corrected chi connectivity index (χ2v) is 4.56. The van der Waals surface area contributed by atoms with E-state index in [1.54, 1.807) is 0 Å². The molecular weight excluding hydrogens is 277 g/mol. The largest absolute Gasteiger partial charge is 0.405 e. The number of alkyl halides is 3. The number of amides is 2. The van der Waals surface area contributed by atoms with Crippen LogP contribution < -0.4 is 16.0 Å². The minimum absolute atomic E-state index is 0.283. The third-order valence-corrected chi connectivity index (χ3v) is 2.96.